The zero-order chi connectivity index (χ0) is 37.5. The van der Waals surface area contributed by atoms with Gasteiger partial charge < -0.3 is 8.83 Å². The topological polar surface area (TPSA) is 65.0 Å². The zero-order valence-electron chi connectivity index (χ0n) is 30.6. The molecule has 0 radical (unpaired) electrons. The summed E-state index contributed by atoms with van der Waals surface area (Å²) < 4.78 is 12.8. The van der Waals surface area contributed by atoms with Crippen LogP contribution in [0.2, 0.25) is 0 Å². The summed E-state index contributed by atoms with van der Waals surface area (Å²) in [6.07, 6.45) is 0.778. The molecule has 0 aliphatic rings. The van der Waals surface area contributed by atoms with Gasteiger partial charge in [-0.25, -0.2) is 15.0 Å². The van der Waals surface area contributed by atoms with Gasteiger partial charge in [0, 0.05) is 38.2 Å². The number of hydrogen-bond acceptors (Lipinski definition) is 5. The highest BCUT2D eigenvalue weighted by atomic mass is 16.3. The standard InChI is InChI=1S/C52H31N3O2/c1-2-11-33(12-3-1)50-53-51(34-23-25-41-40-17-8-9-19-45(40)57-48(41)30-34)55-52(54-50)42-18-10-20-47-49(42)44-29-32(22-26-46(44)56-47)27-31-21-24-39-37-15-5-4-13-35(37)36-14-6-7-16-38(36)43(39)28-31/h1-26,28-30H,27H2. The molecule has 12 aromatic rings. The Morgan fingerprint density at radius 3 is 1.61 bits per heavy atom. The van der Waals surface area contributed by atoms with E-state index in [9.17, 15) is 0 Å². The monoisotopic (exact) mass is 729 g/mol. The first kappa shape index (κ1) is 31.7. The van der Waals surface area contributed by atoms with Crippen molar-refractivity contribution in [3.8, 4) is 34.2 Å². The number of para-hydroxylation sites is 1. The van der Waals surface area contributed by atoms with Crippen molar-refractivity contribution >= 4 is 76.2 Å². The van der Waals surface area contributed by atoms with E-state index >= 15 is 0 Å². The fraction of sp³-hybridized carbons (Fsp3) is 0.0192. The van der Waals surface area contributed by atoms with Gasteiger partial charge in [0.05, 0.1) is 0 Å². The molecule has 0 fully saturated rings. The van der Waals surface area contributed by atoms with Gasteiger partial charge in [-0.2, -0.15) is 0 Å². The lowest BCUT2D eigenvalue weighted by molar-refractivity contribution is 0.668. The Balaban J connectivity index is 0.998. The number of hydrogen-bond donors (Lipinski definition) is 0. The molecule has 266 valence electrons. The molecule has 3 heterocycles. The van der Waals surface area contributed by atoms with E-state index in [-0.39, 0.29) is 0 Å². The van der Waals surface area contributed by atoms with E-state index < -0.39 is 0 Å². The maximum absolute atomic E-state index is 6.49. The van der Waals surface area contributed by atoms with Crippen LogP contribution in [-0.4, -0.2) is 15.0 Å². The fourth-order valence-electron chi connectivity index (χ4n) is 8.68. The SMILES string of the molecule is c1ccc(-c2nc(-c3ccc4c(c3)oc3ccccc34)nc(-c3cccc4oc5ccc(Cc6ccc7c8ccccc8c8ccccc8c7c6)cc5c34)n2)cc1. The number of benzene rings is 9. The molecule has 0 aliphatic carbocycles. The second-order valence-corrected chi connectivity index (χ2v) is 14.7. The Morgan fingerprint density at radius 2 is 0.842 bits per heavy atom. The van der Waals surface area contributed by atoms with Crippen LogP contribution in [0, 0.1) is 0 Å². The average Bonchev–Trinajstić information content (AvgIpc) is 3.84. The first-order valence-corrected chi connectivity index (χ1v) is 19.2. The average molecular weight is 730 g/mol. The molecule has 0 bridgehead atoms. The molecule has 5 nitrogen and oxygen atoms in total. The lowest BCUT2D eigenvalue weighted by Gasteiger charge is -2.12. The van der Waals surface area contributed by atoms with Crippen LogP contribution in [0.4, 0.5) is 0 Å². The first-order chi connectivity index (χ1) is 28.2. The van der Waals surface area contributed by atoms with E-state index in [0.29, 0.717) is 17.5 Å². The molecule has 0 amide bonds. The normalized spacial score (nSPS) is 11.9. The van der Waals surface area contributed by atoms with Crippen molar-refractivity contribution in [1.82, 2.24) is 15.0 Å². The highest BCUT2D eigenvalue weighted by Gasteiger charge is 2.19. The molecule has 5 heteroatoms. The van der Waals surface area contributed by atoms with Crippen LogP contribution in [0.15, 0.2) is 185 Å². The first-order valence-electron chi connectivity index (χ1n) is 19.2. The van der Waals surface area contributed by atoms with Crippen molar-refractivity contribution < 1.29 is 8.83 Å². The molecule has 0 unspecified atom stereocenters. The van der Waals surface area contributed by atoms with E-state index in [2.05, 4.69) is 109 Å². The summed E-state index contributed by atoms with van der Waals surface area (Å²) in [5.41, 5.74) is 8.36. The highest BCUT2D eigenvalue weighted by Crippen LogP contribution is 2.39. The maximum Gasteiger partial charge on any atom is 0.164 e. The quantitative estimate of drug-likeness (QED) is 0.165. The van der Waals surface area contributed by atoms with E-state index in [4.69, 9.17) is 23.8 Å². The summed E-state index contributed by atoms with van der Waals surface area (Å²) in [7, 11) is 0. The Bertz CT molecular complexity index is 3530. The minimum atomic E-state index is 0.573. The van der Waals surface area contributed by atoms with Crippen LogP contribution in [-0.2, 0) is 6.42 Å². The molecule has 0 saturated carbocycles. The highest BCUT2D eigenvalue weighted by molar-refractivity contribution is 6.25. The van der Waals surface area contributed by atoms with E-state index in [1.807, 2.05) is 66.7 Å². The molecule has 0 saturated heterocycles. The number of fused-ring (bicyclic) bond motifs is 12. The van der Waals surface area contributed by atoms with Gasteiger partial charge in [0.15, 0.2) is 17.5 Å². The summed E-state index contributed by atoms with van der Waals surface area (Å²) in [5.74, 6) is 1.75. The van der Waals surface area contributed by atoms with Crippen LogP contribution in [0.5, 0.6) is 0 Å². The van der Waals surface area contributed by atoms with Crippen molar-refractivity contribution in [3.63, 3.8) is 0 Å². The molecule has 0 spiro atoms. The summed E-state index contributed by atoms with van der Waals surface area (Å²) in [5, 5.41) is 11.8. The van der Waals surface area contributed by atoms with Gasteiger partial charge in [0.2, 0.25) is 0 Å². The molecule has 3 aromatic heterocycles. The Labute approximate surface area is 326 Å². The zero-order valence-corrected chi connectivity index (χ0v) is 30.6. The number of aromatic nitrogens is 3. The molecule has 0 aliphatic heterocycles. The van der Waals surface area contributed by atoms with Gasteiger partial charge in [-0.1, -0.05) is 140 Å². The van der Waals surface area contributed by atoms with Crippen molar-refractivity contribution in [1.29, 1.82) is 0 Å². The molecule has 57 heavy (non-hydrogen) atoms. The van der Waals surface area contributed by atoms with Crippen LogP contribution < -0.4 is 0 Å². The Morgan fingerprint density at radius 1 is 0.316 bits per heavy atom. The van der Waals surface area contributed by atoms with Crippen LogP contribution in [0.1, 0.15) is 11.1 Å². The number of furan rings is 2. The summed E-state index contributed by atoms with van der Waals surface area (Å²) >= 11 is 0. The van der Waals surface area contributed by atoms with Gasteiger partial charge in [0.25, 0.3) is 0 Å². The fourth-order valence-corrected chi connectivity index (χ4v) is 8.68. The minimum Gasteiger partial charge on any atom is -0.456 e. The van der Waals surface area contributed by atoms with Gasteiger partial charge in [-0.15, -0.1) is 0 Å². The van der Waals surface area contributed by atoms with E-state index in [0.717, 1.165) is 67.0 Å². The molecular weight excluding hydrogens is 699 g/mol. The minimum absolute atomic E-state index is 0.573. The van der Waals surface area contributed by atoms with Gasteiger partial charge in [-0.3, -0.25) is 0 Å². The summed E-state index contributed by atoms with van der Waals surface area (Å²) in [4.78, 5) is 15.3. The lowest BCUT2D eigenvalue weighted by Crippen LogP contribution is -2.00. The Kier molecular flexibility index (Phi) is 6.92. The van der Waals surface area contributed by atoms with Crippen LogP contribution in [0.3, 0.4) is 0 Å². The van der Waals surface area contributed by atoms with Crippen LogP contribution >= 0.6 is 0 Å². The van der Waals surface area contributed by atoms with E-state index in [1.54, 1.807) is 0 Å². The van der Waals surface area contributed by atoms with Crippen molar-refractivity contribution in [2.24, 2.45) is 0 Å². The second-order valence-electron chi connectivity index (χ2n) is 14.7. The second kappa shape index (κ2) is 12.4. The van der Waals surface area contributed by atoms with Gasteiger partial charge in [-0.05, 0) is 86.3 Å². The molecule has 0 atom stereocenters. The molecule has 12 rings (SSSR count). The van der Waals surface area contributed by atoms with Crippen molar-refractivity contribution in [3.05, 3.63) is 187 Å². The number of rotatable bonds is 5. The molecular formula is C52H31N3O2. The van der Waals surface area contributed by atoms with Crippen LogP contribution in [0.25, 0.3) is 110 Å². The third-order valence-corrected chi connectivity index (χ3v) is 11.3. The largest absolute Gasteiger partial charge is 0.456 e. The van der Waals surface area contributed by atoms with Gasteiger partial charge >= 0.3 is 0 Å². The van der Waals surface area contributed by atoms with E-state index in [1.165, 1.54) is 43.4 Å². The number of nitrogens with zero attached hydrogens (tertiary/aromatic N) is 3. The van der Waals surface area contributed by atoms with Crippen molar-refractivity contribution in [2.45, 2.75) is 6.42 Å². The third-order valence-electron chi connectivity index (χ3n) is 11.3. The predicted octanol–water partition coefficient (Wildman–Crippen LogP) is 13.7. The molecule has 9 aromatic carbocycles. The van der Waals surface area contributed by atoms with Crippen molar-refractivity contribution in [2.75, 3.05) is 0 Å². The smallest absolute Gasteiger partial charge is 0.164 e. The predicted molar refractivity (Wildman–Crippen MR) is 232 cm³/mol. The third kappa shape index (κ3) is 5.13. The Hall–Kier alpha value is -7.63. The molecule has 0 N–H and O–H groups in total. The lowest BCUT2D eigenvalue weighted by atomic mass is 9.92. The maximum atomic E-state index is 6.49. The van der Waals surface area contributed by atoms with Gasteiger partial charge in [0.1, 0.15) is 22.3 Å². The summed E-state index contributed by atoms with van der Waals surface area (Å²) in [6.45, 7) is 0. The summed E-state index contributed by atoms with van der Waals surface area (Å²) in [6, 6.07) is 61.4.